The first-order chi connectivity index (χ1) is 12.7. The lowest BCUT2D eigenvalue weighted by atomic mass is 10.2. The van der Waals surface area contributed by atoms with Gasteiger partial charge in [0, 0.05) is 29.2 Å². The van der Waals surface area contributed by atoms with Crippen molar-refractivity contribution in [3.63, 3.8) is 0 Å². The van der Waals surface area contributed by atoms with Crippen molar-refractivity contribution in [2.24, 2.45) is 0 Å². The maximum atomic E-state index is 14.1. The number of halogens is 3. The summed E-state index contributed by atoms with van der Waals surface area (Å²) in [6.45, 7) is 0. The number of aromatic amines is 1. The molecule has 0 radical (unpaired) electrons. The van der Waals surface area contributed by atoms with Crippen molar-refractivity contribution in [1.29, 1.82) is 5.26 Å². The van der Waals surface area contributed by atoms with Gasteiger partial charge in [0.05, 0.1) is 17.3 Å². The Morgan fingerprint density at radius 2 is 1.85 bits per heavy atom. The first-order valence-corrected chi connectivity index (χ1v) is 8.80. The molecular weight excluding hydrogens is 387 g/mol. The third-order valence-corrected chi connectivity index (χ3v) is 5.20. The van der Waals surface area contributed by atoms with Crippen LogP contribution in [0.15, 0.2) is 41.4 Å². The van der Waals surface area contributed by atoms with Crippen LogP contribution in [0.3, 0.4) is 0 Å². The van der Waals surface area contributed by atoms with Gasteiger partial charge in [-0.1, -0.05) is 6.07 Å². The van der Waals surface area contributed by atoms with Gasteiger partial charge in [0.25, 0.3) is 10.0 Å². The number of anilines is 1. The van der Waals surface area contributed by atoms with Crippen LogP contribution < -0.4 is 14.2 Å². The molecule has 2 N–H and O–H groups in total. The molecule has 2 aromatic carbocycles. The van der Waals surface area contributed by atoms with Gasteiger partial charge in [-0.05, 0) is 12.1 Å². The molecule has 1 aliphatic heterocycles. The van der Waals surface area contributed by atoms with E-state index in [1.54, 1.807) is 0 Å². The fourth-order valence-corrected chi connectivity index (χ4v) is 3.88. The van der Waals surface area contributed by atoms with Crippen LogP contribution in [0.25, 0.3) is 10.9 Å². The Balaban J connectivity index is 1.72. The molecule has 2 heterocycles. The monoisotopic (exact) mass is 395 g/mol. The predicted molar refractivity (Wildman–Crippen MR) is 86.4 cm³/mol. The van der Waals surface area contributed by atoms with Gasteiger partial charge in [-0.15, -0.1) is 8.78 Å². The van der Waals surface area contributed by atoms with Gasteiger partial charge < -0.3 is 14.5 Å². The number of hydrogen-bond acceptors (Lipinski definition) is 5. The van der Waals surface area contributed by atoms with E-state index in [-0.39, 0.29) is 10.3 Å². The second-order valence-electron chi connectivity index (χ2n) is 5.58. The van der Waals surface area contributed by atoms with Crippen molar-refractivity contribution < 1.29 is 31.1 Å². The fraction of sp³-hybridized carbons (Fsp3) is 0.0625. The van der Waals surface area contributed by atoms with Gasteiger partial charge in [0.2, 0.25) is 0 Å². The van der Waals surface area contributed by atoms with E-state index in [2.05, 4.69) is 14.5 Å². The third-order valence-electron chi connectivity index (χ3n) is 3.80. The molecule has 27 heavy (non-hydrogen) atoms. The van der Waals surface area contributed by atoms with Crippen molar-refractivity contribution in [2.75, 3.05) is 4.72 Å². The highest BCUT2D eigenvalue weighted by molar-refractivity contribution is 7.93. The molecule has 0 fully saturated rings. The largest absolute Gasteiger partial charge is 0.586 e. The number of hydrogen-bond donors (Lipinski definition) is 2. The van der Waals surface area contributed by atoms with E-state index in [0.29, 0.717) is 17.1 Å². The summed E-state index contributed by atoms with van der Waals surface area (Å²) in [5.41, 5.74) is 0.127. The number of alkyl halides is 2. The minimum absolute atomic E-state index is 0.204. The summed E-state index contributed by atoms with van der Waals surface area (Å²) in [5.74, 6) is -2.17. The second kappa shape index (κ2) is 5.55. The molecule has 0 atom stereocenters. The highest BCUT2D eigenvalue weighted by atomic mass is 32.2. The van der Waals surface area contributed by atoms with E-state index in [4.69, 9.17) is 5.26 Å². The van der Waals surface area contributed by atoms with E-state index < -0.39 is 39.3 Å². The number of ether oxygens (including phenoxy) is 2. The van der Waals surface area contributed by atoms with E-state index >= 15 is 0 Å². The number of aromatic nitrogens is 1. The van der Waals surface area contributed by atoms with Crippen LogP contribution in [-0.4, -0.2) is 19.7 Å². The molecule has 0 saturated carbocycles. The van der Waals surface area contributed by atoms with Crippen LogP contribution in [0.2, 0.25) is 0 Å². The molecule has 3 aromatic rings. The summed E-state index contributed by atoms with van der Waals surface area (Å²) < 4.78 is 75.8. The minimum Gasteiger partial charge on any atom is -0.395 e. The molecule has 11 heteroatoms. The normalized spacial score (nSPS) is 14.9. The lowest BCUT2D eigenvalue weighted by Gasteiger charge is -2.09. The molecule has 0 saturated heterocycles. The summed E-state index contributed by atoms with van der Waals surface area (Å²) in [6.07, 6.45) is -2.78. The Hall–Kier alpha value is -3.39. The van der Waals surface area contributed by atoms with Crippen LogP contribution in [0.4, 0.5) is 18.9 Å². The fourth-order valence-electron chi connectivity index (χ4n) is 2.64. The Labute approximate surface area is 150 Å². The van der Waals surface area contributed by atoms with Crippen LogP contribution in [0, 0.1) is 17.1 Å². The molecule has 0 bridgehead atoms. The Bertz CT molecular complexity index is 1230. The number of nitriles is 1. The van der Waals surface area contributed by atoms with Crippen LogP contribution >= 0.6 is 0 Å². The van der Waals surface area contributed by atoms with Gasteiger partial charge in [0.1, 0.15) is 4.90 Å². The number of sulfonamides is 1. The van der Waals surface area contributed by atoms with Gasteiger partial charge >= 0.3 is 6.29 Å². The Morgan fingerprint density at radius 1 is 1.15 bits per heavy atom. The molecule has 4 rings (SSSR count). The molecule has 7 nitrogen and oxygen atoms in total. The summed E-state index contributed by atoms with van der Waals surface area (Å²) >= 11 is 0. The van der Waals surface area contributed by atoms with Crippen LogP contribution in [0.1, 0.15) is 5.56 Å². The van der Waals surface area contributed by atoms with Crippen LogP contribution in [-0.2, 0) is 10.0 Å². The zero-order valence-corrected chi connectivity index (χ0v) is 13.9. The number of benzene rings is 2. The lowest BCUT2D eigenvalue weighted by Crippen LogP contribution is -2.25. The van der Waals surface area contributed by atoms with E-state index in [1.165, 1.54) is 24.4 Å². The van der Waals surface area contributed by atoms with Crippen molar-refractivity contribution in [2.45, 2.75) is 11.2 Å². The van der Waals surface area contributed by atoms with Crippen molar-refractivity contribution in [3.05, 3.63) is 47.9 Å². The summed E-state index contributed by atoms with van der Waals surface area (Å²) in [7, 11) is -4.27. The predicted octanol–water partition coefficient (Wildman–Crippen LogP) is 3.30. The number of fused-ring (bicyclic) bond motifs is 2. The first-order valence-electron chi connectivity index (χ1n) is 7.32. The van der Waals surface area contributed by atoms with E-state index in [9.17, 15) is 21.6 Å². The van der Waals surface area contributed by atoms with Crippen molar-refractivity contribution in [3.8, 4) is 17.6 Å². The number of rotatable bonds is 3. The number of nitrogens with one attached hydrogen (secondary N) is 2. The highest BCUT2D eigenvalue weighted by Crippen LogP contribution is 2.43. The Kier molecular flexibility index (Phi) is 3.50. The molecule has 0 amide bonds. The van der Waals surface area contributed by atoms with Crippen LogP contribution in [0.5, 0.6) is 11.5 Å². The first kappa shape index (κ1) is 17.0. The smallest absolute Gasteiger partial charge is 0.395 e. The zero-order valence-electron chi connectivity index (χ0n) is 13.1. The van der Waals surface area contributed by atoms with Gasteiger partial charge in [0.15, 0.2) is 17.3 Å². The minimum atomic E-state index is -4.27. The Morgan fingerprint density at radius 3 is 2.56 bits per heavy atom. The second-order valence-corrected chi connectivity index (χ2v) is 7.23. The van der Waals surface area contributed by atoms with Gasteiger partial charge in [-0.3, -0.25) is 4.72 Å². The third kappa shape index (κ3) is 2.89. The summed E-state index contributed by atoms with van der Waals surface area (Å²) in [5, 5.41) is 9.16. The highest BCUT2D eigenvalue weighted by Gasteiger charge is 2.44. The van der Waals surface area contributed by atoms with E-state index in [1.807, 2.05) is 10.8 Å². The molecule has 0 aliphatic carbocycles. The topological polar surface area (TPSA) is 104 Å². The molecule has 1 aliphatic rings. The lowest BCUT2D eigenvalue weighted by molar-refractivity contribution is -0.286. The average molecular weight is 395 g/mol. The molecule has 0 unspecified atom stereocenters. The standard InChI is InChI=1S/C16H8F3N3O4S/c17-10-4-13-14(26-16(18,19)25-13)5-12(10)22-27(23,24)15-7-21-11-3-8(6-20)1-2-9(11)15/h1-5,7,21-22H. The molecule has 1 aromatic heterocycles. The SMILES string of the molecule is N#Cc1ccc2c(S(=O)(=O)Nc3cc4c(cc3F)OC(F)(F)O4)c[nH]c2c1. The maximum absolute atomic E-state index is 14.1. The number of H-pyrrole nitrogens is 1. The summed E-state index contributed by atoms with van der Waals surface area (Å²) in [4.78, 5) is 2.51. The number of nitrogens with zero attached hydrogens (tertiary/aromatic N) is 1. The van der Waals surface area contributed by atoms with Crippen molar-refractivity contribution >= 4 is 26.6 Å². The van der Waals surface area contributed by atoms with E-state index in [0.717, 1.165) is 6.07 Å². The van der Waals surface area contributed by atoms with Crippen molar-refractivity contribution in [1.82, 2.24) is 4.98 Å². The maximum Gasteiger partial charge on any atom is 0.586 e. The van der Waals surface area contributed by atoms with Gasteiger partial charge in [-0.25, -0.2) is 12.8 Å². The quantitative estimate of drug-likeness (QED) is 0.708. The molecule has 0 spiro atoms. The summed E-state index contributed by atoms with van der Waals surface area (Å²) in [6, 6.07) is 7.60. The zero-order chi connectivity index (χ0) is 19.4. The van der Waals surface area contributed by atoms with Gasteiger partial charge in [-0.2, -0.15) is 5.26 Å². The average Bonchev–Trinajstić information content (AvgIpc) is 3.13. The molecule has 138 valence electrons. The molecular formula is C16H8F3N3O4S.